The number of benzene rings is 2. The number of carbonyl (C=O) groups is 1. The molecule has 136 valence electrons. The topological polar surface area (TPSA) is 45.3 Å². The highest BCUT2D eigenvalue weighted by molar-refractivity contribution is 5.83. The highest BCUT2D eigenvalue weighted by atomic mass is 19.1. The molecule has 0 aliphatic carbocycles. The minimum absolute atomic E-state index is 0.301. The van der Waals surface area contributed by atoms with Crippen LogP contribution in [-0.2, 0) is 17.8 Å². The van der Waals surface area contributed by atoms with Gasteiger partial charge in [-0.05, 0) is 50.1 Å². The quantitative estimate of drug-likeness (QED) is 0.696. The van der Waals surface area contributed by atoms with Crippen LogP contribution in [0.1, 0.15) is 31.9 Å². The number of H-pyrrole nitrogens is 1. The van der Waals surface area contributed by atoms with Gasteiger partial charge in [0.2, 0.25) is 0 Å². The zero-order valence-electron chi connectivity index (χ0n) is 15.3. The van der Waals surface area contributed by atoms with Crippen LogP contribution in [0.3, 0.4) is 0 Å². The molecule has 0 spiro atoms. The van der Waals surface area contributed by atoms with Crippen LogP contribution in [0.4, 0.5) is 9.18 Å². The van der Waals surface area contributed by atoms with Gasteiger partial charge in [0.25, 0.3) is 0 Å². The SMILES string of the molecule is CC(C)(C)OC(=O)N(Cc1ccccc1)Cc1c[nH]c2ccc(F)cc12. The van der Waals surface area contributed by atoms with Crippen molar-refractivity contribution in [3.8, 4) is 0 Å². The molecule has 0 bridgehead atoms. The number of aromatic amines is 1. The second-order valence-electron chi connectivity index (χ2n) is 7.33. The molecule has 0 aliphatic heterocycles. The minimum atomic E-state index is -0.585. The smallest absolute Gasteiger partial charge is 0.410 e. The van der Waals surface area contributed by atoms with Crippen LogP contribution in [0.15, 0.2) is 54.7 Å². The molecule has 0 radical (unpaired) electrons. The number of carbonyl (C=O) groups excluding carboxylic acids is 1. The summed E-state index contributed by atoms with van der Waals surface area (Å²) >= 11 is 0. The Morgan fingerprint density at radius 2 is 1.85 bits per heavy atom. The van der Waals surface area contributed by atoms with Crippen molar-refractivity contribution in [2.75, 3.05) is 0 Å². The molecule has 1 N–H and O–H groups in total. The van der Waals surface area contributed by atoms with E-state index in [1.165, 1.54) is 12.1 Å². The zero-order chi connectivity index (χ0) is 18.7. The minimum Gasteiger partial charge on any atom is -0.444 e. The van der Waals surface area contributed by atoms with E-state index in [4.69, 9.17) is 4.74 Å². The molecule has 26 heavy (non-hydrogen) atoms. The first-order valence-electron chi connectivity index (χ1n) is 8.59. The number of nitrogens with one attached hydrogen (secondary N) is 1. The van der Waals surface area contributed by atoms with E-state index in [0.717, 1.165) is 22.0 Å². The predicted octanol–water partition coefficient (Wildman–Crippen LogP) is 5.24. The van der Waals surface area contributed by atoms with Crippen molar-refractivity contribution in [3.05, 3.63) is 71.7 Å². The van der Waals surface area contributed by atoms with Crippen LogP contribution < -0.4 is 0 Å². The van der Waals surface area contributed by atoms with E-state index in [9.17, 15) is 9.18 Å². The van der Waals surface area contributed by atoms with Crippen molar-refractivity contribution in [1.82, 2.24) is 9.88 Å². The summed E-state index contributed by atoms with van der Waals surface area (Å²) in [5.41, 5.74) is 2.11. The lowest BCUT2D eigenvalue weighted by atomic mass is 10.1. The summed E-state index contributed by atoms with van der Waals surface area (Å²) in [6.45, 7) is 6.26. The normalized spacial score (nSPS) is 11.5. The summed E-state index contributed by atoms with van der Waals surface area (Å²) in [4.78, 5) is 17.5. The molecule has 2 aromatic carbocycles. The second-order valence-corrected chi connectivity index (χ2v) is 7.33. The molecule has 0 aliphatic rings. The maximum absolute atomic E-state index is 13.6. The van der Waals surface area contributed by atoms with Gasteiger partial charge in [-0.3, -0.25) is 4.90 Å². The maximum Gasteiger partial charge on any atom is 0.410 e. The van der Waals surface area contributed by atoms with E-state index in [2.05, 4.69) is 4.98 Å². The van der Waals surface area contributed by atoms with Crippen molar-refractivity contribution in [2.24, 2.45) is 0 Å². The van der Waals surface area contributed by atoms with Crippen molar-refractivity contribution >= 4 is 17.0 Å². The molecule has 4 nitrogen and oxygen atoms in total. The van der Waals surface area contributed by atoms with Gasteiger partial charge >= 0.3 is 6.09 Å². The predicted molar refractivity (Wildman–Crippen MR) is 100 cm³/mol. The fraction of sp³-hybridized carbons (Fsp3) is 0.286. The van der Waals surface area contributed by atoms with Gasteiger partial charge < -0.3 is 9.72 Å². The van der Waals surface area contributed by atoms with Crippen molar-refractivity contribution in [2.45, 2.75) is 39.5 Å². The van der Waals surface area contributed by atoms with Crippen LogP contribution in [0, 0.1) is 5.82 Å². The lowest BCUT2D eigenvalue weighted by Crippen LogP contribution is -2.36. The van der Waals surface area contributed by atoms with Crippen molar-refractivity contribution < 1.29 is 13.9 Å². The molecule has 0 saturated heterocycles. The highest BCUT2D eigenvalue weighted by Gasteiger charge is 2.23. The molecule has 3 aromatic rings. The Morgan fingerprint density at radius 3 is 2.54 bits per heavy atom. The number of rotatable bonds is 4. The third kappa shape index (κ3) is 4.42. The molecule has 1 amide bonds. The van der Waals surface area contributed by atoms with Crippen LogP contribution in [0.5, 0.6) is 0 Å². The van der Waals surface area contributed by atoms with Crippen LogP contribution in [0.2, 0.25) is 0 Å². The Balaban J connectivity index is 1.89. The number of aromatic nitrogens is 1. The van der Waals surface area contributed by atoms with Crippen LogP contribution >= 0.6 is 0 Å². The lowest BCUT2D eigenvalue weighted by molar-refractivity contribution is 0.0217. The van der Waals surface area contributed by atoms with E-state index in [-0.39, 0.29) is 5.82 Å². The van der Waals surface area contributed by atoms with Crippen molar-refractivity contribution in [1.29, 1.82) is 0 Å². The average Bonchev–Trinajstić information content (AvgIpc) is 2.96. The third-order valence-electron chi connectivity index (χ3n) is 3.96. The zero-order valence-corrected chi connectivity index (χ0v) is 15.3. The number of nitrogens with zero attached hydrogens (tertiary/aromatic N) is 1. The Hall–Kier alpha value is -2.82. The van der Waals surface area contributed by atoms with Gasteiger partial charge in [0.1, 0.15) is 11.4 Å². The highest BCUT2D eigenvalue weighted by Crippen LogP contribution is 2.23. The van der Waals surface area contributed by atoms with E-state index in [1.54, 1.807) is 11.0 Å². The van der Waals surface area contributed by atoms with Gasteiger partial charge in [-0.1, -0.05) is 30.3 Å². The molecular weight excluding hydrogens is 331 g/mol. The first-order valence-corrected chi connectivity index (χ1v) is 8.59. The molecule has 5 heteroatoms. The average molecular weight is 354 g/mol. The molecule has 1 heterocycles. The fourth-order valence-corrected chi connectivity index (χ4v) is 2.80. The molecule has 0 saturated carbocycles. The standard InChI is InChI=1S/C21H23FN2O2/c1-21(2,3)26-20(25)24(13-15-7-5-4-6-8-15)14-16-12-23-19-10-9-17(22)11-18(16)19/h4-12,23H,13-14H2,1-3H3. The fourth-order valence-electron chi connectivity index (χ4n) is 2.80. The lowest BCUT2D eigenvalue weighted by Gasteiger charge is -2.27. The molecule has 3 rings (SSSR count). The summed E-state index contributed by atoms with van der Waals surface area (Å²) in [5.74, 6) is -0.301. The van der Waals surface area contributed by atoms with Gasteiger partial charge in [0.15, 0.2) is 0 Å². The summed E-state index contributed by atoms with van der Waals surface area (Å²) in [6.07, 6.45) is 1.42. The molecule has 0 fully saturated rings. The van der Waals surface area contributed by atoms with Crippen LogP contribution in [0.25, 0.3) is 10.9 Å². The first-order chi connectivity index (χ1) is 12.3. The monoisotopic (exact) mass is 354 g/mol. The Labute approximate surface area is 152 Å². The Bertz CT molecular complexity index is 897. The third-order valence-corrected chi connectivity index (χ3v) is 3.96. The van der Waals surface area contributed by atoms with Gasteiger partial charge in [0.05, 0.1) is 6.54 Å². The largest absolute Gasteiger partial charge is 0.444 e. The number of fused-ring (bicyclic) bond motifs is 1. The number of hydrogen-bond acceptors (Lipinski definition) is 2. The molecule has 0 unspecified atom stereocenters. The van der Waals surface area contributed by atoms with Crippen LogP contribution in [-0.4, -0.2) is 21.6 Å². The molecule has 0 atom stereocenters. The van der Waals surface area contributed by atoms with Gasteiger partial charge in [-0.2, -0.15) is 0 Å². The summed E-state index contributed by atoms with van der Waals surface area (Å²) in [6, 6.07) is 14.3. The first kappa shape index (κ1) is 18.0. The van der Waals surface area contributed by atoms with Gasteiger partial charge in [-0.15, -0.1) is 0 Å². The summed E-state index contributed by atoms with van der Waals surface area (Å²) in [7, 11) is 0. The number of amides is 1. The number of ether oxygens (including phenoxy) is 1. The Morgan fingerprint density at radius 1 is 1.12 bits per heavy atom. The number of halogens is 1. The summed E-state index contributed by atoms with van der Waals surface area (Å²) < 4.78 is 19.2. The molecular formula is C21H23FN2O2. The van der Waals surface area contributed by atoms with E-state index in [0.29, 0.717) is 13.1 Å². The number of hydrogen-bond donors (Lipinski definition) is 1. The van der Waals surface area contributed by atoms with E-state index < -0.39 is 11.7 Å². The maximum atomic E-state index is 13.6. The summed E-state index contributed by atoms with van der Waals surface area (Å²) in [5, 5.41) is 0.770. The van der Waals surface area contributed by atoms with E-state index in [1.807, 2.05) is 57.3 Å². The second kappa shape index (κ2) is 7.20. The van der Waals surface area contributed by atoms with Crippen molar-refractivity contribution in [3.63, 3.8) is 0 Å². The Kier molecular flexibility index (Phi) is 4.98. The van der Waals surface area contributed by atoms with Gasteiger partial charge in [0, 0.05) is 23.6 Å². The van der Waals surface area contributed by atoms with Gasteiger partial charge in [-0.25, -0.2) is 9.18 Å². The molecule has 1 aromatic heterocycles. The van der Waals surface area contributed by atoms with E-state index >= 15 is 0 Å².